The van der Waals surface area contributed by atoms with Crippen molar-refractivity contribution in [3.05, 3.63) is 0 Å². The molecule has 154 valence electrons. The van der Waals surface area contributed by atoms with E-state index in [0.29, 0.717) is 0 Å². The Bertz CT molecular complexity index is 542. The molecule has 10 heteroatoms. The second kappa shape index (κ2) is 12.7. The zero-order chi connectivity index (χ0) is 21.0. The van der Waals surface area contributed by atoms with E-state index in [4.69, 9.17) is 23.7 Å². The van der Waals surface area contributed by atoms with Crippen molar-refractivity contribution in [2.24, 2.45) is 0 Å². The Morgan fingerprint density at radius 3 is 1.56 bits per heavy atom. The molecule has 0 amide bonds. The molecule has 0 saturated carbocycles. The van der Waals surface area contributed by atoms with Crippen LogP contribution < -0.4 is 0 Å². The number of hydrogen-bond donors (Lipinski definition) is 0. The van der Waals surface area contributed by atoms with E-state index in [1.807, 2.05) is 0 Å². The maximum absolute atomic E-state index is 11.4. The fourth-order valence-electron chi connectivity index (χ4n) is 2.17. The Kier molecular flexibility index (Phi) is 11.4. The minimum Gasteiger partial charge on any atom is -0.466 e. The van der Waals surface area contributed by atoms with E-state index in [2.05, 4.69) is 0 Å². The van der Waals surface area contributed by atoms with Crippen LogP contribution in [0, 0.1) is 0 Å². The van der Waals surface area contributed by atoms with Crippen molar-refractivity contribution in [2.45, 2.75) is 65.8 Å². The molecule has 0 saturated heterocycles. The minimum absolute atomic E-state index is 0.0255. The molecule has 0 aliphatic carbocycles. The quantitative estimate of drug-likeness (QED) is 0.366. The molecule has 0 aromatic rings. The van der Waals surface area contributed by atoms with E-state index in [0.717, 1.165) is 13.8 Å². The van der Waals surface area contributed by atoms with Gasteiger partial charge in [-0.05, 0) is 0 Å². The molecule has 27 heavy (non-hydrogen) atoms. The predicted molar refractivity (Wildman–Crippen MR) is 89.2 cm³/mol. The van der Waals surface area contributed by atoms with Crippen molar-refractivity contribution in [2.75, 3.05) is 13.2 Å². The summed E-state index contributed by atoms with van der Waals surface area (Å²) in [6.45, 7) is 5.54. The van der Waals surface area contributed by atoms with Gasteiger partial charge in [0.1, 0.15) is 18.8 Å². The van der Waals surface area contributed by atoms with E-state index in [9.17, 15) is 24.0 Å². The van der Waals surface area contributed by atoms with Crippen molar-refractivity contribution in [3.8, 4) is 0 Å². The molecule has 0 unspecified atom stereocenters. The van der Waals surface area contributed by atoms with Crippen LogP contribution in [0.3, 0.4) is 0 Å². The lowest BCUT2D eigenvalue weighted by Crippen LogP contribution is -2.41. The number of rotatable bonds is 11. The van der Waals surface area contributed by atoms with E-state index in [1.165, 1.54) is 20.8 Å². The van der Waals surface area contributed by atoms with E-state index in [-0.39, 0.29) is 26.1 Å². The highest BCUT2D eigenvalue weighted by atomic mass is 16.6. The molecule has 0 aromatic carbocycles. The molecular formula is C17H26O10. The summed E-state index contributed by atoms with van der Waals surface area (Å²) in [7, 11) is 0. The fraction of sp³-hybridized carbons (Fsp3) is 0.706. The van der Waals surface area contributed by atoms with Gasteiger partial charge in [0.2, 0.25) is 0 Å². The second-order valence-corrected chi connectivity index (χ2v) is 5.69. The van der Waals surface area contributed by atoms with Gasteiger partial charge in [0, 0.05) is 47.5 Å². The highest BCUT2D eigenvalue weighted by molar-refractivity contribution is 5.68. The second-order valence-electron chi connectivity index (χ2n) is 5.69. The molecule has 10 nitrogen and oxygen atoms in total. The molecule has 0 aliphatic rings. The fourth-order valence-corrected chi connectivity index (χ4v) is 2.17. The van der Waals surface area contributed by atoms with Gasteiger partial charge in [-0.15, -0.1) is 0 Å². The van der Waals surface area contributed by atoms with Gasteiger partial charge in [-0.1, -0.05) is 0 Å². The molecule has 0 N–H and O–H groups in total. The highest BCUT2D eigenvalue weighted by Crippen LogP contribution is 2.17. The molecule has 0 fully saturated rings. The van der Waals surface area contributed by atoms with Crippen molar-refractivity contribution in [1.29, 1.82) is 0 Å². The van der Waals surface area contributed by atoms with Crippen LogP contribution in [-0.4, -0.2) is 61.4 Å². The Hall–Kier alpha value is -2.65. The molecule has 0 spiro atoms. The van der Waals surface area contributed by atoms with Crippen molar-refractivity contribution >= 4 is 29.8 Å². The number of hydrogen-bond acceptors (Lipinski definition) is 10. The molecular weight excluding hydrogens is 364 g/mol. The summed E-state index contributed by atoms with van der Waals surface area (Å²) in [5.41, 5.74) is 0. The third-order valence-corrected chi connectivity index (χ3v) is 3.07. The van der Waals surface area contributed by atoms with Crippen molar-refractivity contribution < 1.29 is 47.7 Å². The number of esters is 5. The van der Waals surface area contributed by atoms with Gasteiger partial charge in [-0.2, -0.15) is 0 Å². The zero-order valence-electron chi connectivity index (χ0n) is 16.1. The Labute approximate surface area is 157 Å². The van der Waals surface area contributed by atoms with Gasteiger partial charge in [-0.3, -0.25) is 24.0 Å². The summed E-state index contributed by atoms with van der Waals surface area (Å²) in [6, 6.07) is 0. The van der Waals surface area contributed by atoms with Crippen LogP contribution in [-0.2, 0) is 47.7 Å². The van der Waals surface area contributed by atoms with Gasteiger partial charge in [-0.25, -0.2) is 0 Å². The first-order valence-electron chi connectivity index (χ1n) is 8.29. The molecule has 0 rings (SSSR count). The Balaban J connectivity index is 5.29. The number of carbonyl (C=O) groups excluding carboxylic acids is 5. The van der Waals surface area contributed by atoms with Gasteiger partial charge in [0.15, 0.2) is 6.10 Å². The lowest BCUT2D eigenvalue weighted by Gasteiger charge is -2.28. The summed E-state index contributed by atoms with van der Waals surface area (Å²) in [6.07, 6.45) is -2.85. The first kappa shape index (κ1) is 24.4. The van der Waals surface area contributed by atoms with Crippen LogP contribution in [0.4, 0.5) is 0 Å². The molecule has 0 aromatic heterocycles. The third kappa shape index (κ3) is 13.2. The standard InChI is InChI=1S/C17H26O10/c1-10(18)23-7-6-15(25-12(3)20)8-16(26-13(4)21)17(27-14(5)22)9-24-11(2)19/h15-17H,6-9H2,1-5H3/t15-,16-,17-/m0/s1. The van der Waals surface area contributed by atoms with Crippen LogP contribution >= 0.6 is 0 Å². The summed E-state index contributed by atoms with van der Waals surface area (Å²) in [5, 5.41) is 0. The maximum atomic E-state index is 11.4. The SMILES string of the molecule is CC(=O)OCC[C@@H](C[C@H](OC(C)=O)[C@H](COC(C)=O)OC(C)=O)OC(C)=O. The first-order valence-corrected chi connectivity index (χ1v) is 8.29. The normalized spacial score (nSPS) is 13.5. The molecule has 3 atom stereocenters. The van der Waals surface area contributed by atoms with Gasteiger partial charge in [0.25, 0.3) is 0 Å². The maximum Gasteiger partial charge on any atom is 0.303 e. The van der Waals surface area contributed by atoms with Crippen LogP contribution in [0.5, 0.6) is 0 Å². The van der Waals surface area contributed by atoms with Crippen molar-refractivity contribution in [1.82, 2.24) is 0 Å². The van der Waals surface area contributed by atoms with E-state index in [1.54, 1.807) is 0 Å². The van der Waals surface area contributed by atoms with Crippen LogP contribution in [0.25, 0.3) is 0 Å². The first-order chi connectivity index (χ1) is 12.5. The largest absolute Gasteiger partial charge is 0.466 e. The van der Waals surface area contributed by atoms with E-state index >= 15 is 0 Å². The van der Waals surface area contributed by atoms with Crippen molar-refractivity contribution in [3.63, 3.8) is 0 Å². The Morgan fingerprint density at radius 2 is 1.11 bits per heavy atom. The third-order valence-electron chi connectivity index (χ3n) is 3.07. The number of ether oxygens (including phenoxy) is 5. The van der Waals surface area contributed by atoms with Crippen LogP contribution in [0.1, 0.15) is 47.5 Å². The minimum atomic E-state index is -1.10. The van der Waals surface area contributed by atoms with Gasteiger partial charge < -0.3 is 23.7 Å². The molecule has 0 aliphatic heterocycles. The lowest BCUT2D eigenvalue weighted by molar-refractivity contribution is -0.177. The summed E-state index contributed by atoms with van der Waals surface area (Å²) < 4.78 is 25.1. The highest BCUT2D eigenvalue weighted by Gasteiger charge is 2.32. The van der Waals surface area contributed by atoms with E-state index < -0.39 is 48.2 Å². The lowest BCUT2D eigenvalue weighted by atomic mass is 10.0. The smallest absolute Gasteiger partial charge is 0.303 e. The van der Waals surface area contributed by atoms with Crippen LogP contribution in [0.15, 0.2) is 0 Å². The molecule has 0 bridgehead atoms. The predicted octanol–water partition coefficient (Wildman–Crippen LogP) is 0.688. The zero-order valence-corrected chi connectivity index (χ0v) is 16.1. The number of carbonyl (C=O) groups is 5. The van der Waals surface area contributed by atoms with Gasteiger partial charge in [0.05, 0.1) is 6.61 Å². The van der Waals surface area contributed by atoms with Gasteiger partial charge >= 0.3 is 29.8 Å². The molecule has 0 radical (unpaired) electrons. The average Bonchev–Trinajstić information content (AvgIpc) is 2.48. The molecule has 0 heterocycles. The average molecular weight is 390 g/mol. The summed E-state index contributed by atoms with van der Waals surface area (Å²) in [5.74, 6) is -3.04. The summed E-state index contributed by atoms with van der Waals surface area (Å²) in [4.78, 5) is 56.1. The monoisotopic (exact) mass is 390 g/mol. The Morgan fingerprint density at radius 1 is 0.630 bits per heavy atom. The topological polar surface area (TPSA) is 132 Å². The summed E-state index contributed by atoms with van der Waals surface area (Å²) >= 11 is 0. The van der Waals surface area contributed by atoms with Crippen LogP contribution in [0.2, 0.25) is 0 Å².